The van der Waals surface area contributed by atoms with E-state index >= 15 is 0 Å². The van der Waals surface area contributed by atoms with Crippen LogP contribution in [-0.4, -0.2) is 37.6 Å². The normalized spacial score (nSPS) is 19.7. The summed E-state index contributed by atoms with van der Waals surface area (Å²) in [5.41, 5.74) is 0.710. The van der Waals surface area contributed by atoms with E-state index in [0.717, 1.165) is 19.6 Å². The van der Waals surface area contributed by atoms with Crippen LogP contribution >= 0.6 is 0 Å². The van der Waals surface area contributed by atoms with Gasteiger partial charge in [0, 0.05) is 12.1 Å². The summed E-state index contributed by atoms with van der Waals surface area (Å²) in [4.78, 5) is 13.5. The van der Waals surface area contributed by atoms with Gasteiger partial charge in [0.05, 0.1) is 7.11 Å². The van der Waals surface area contributed by atoms with Gasteiger partial charge < -0.3 is 4.74 Å². The van der Waals surface area contributed by atoms with E-state index in [1.54, 1.807) is 0 Å². The van der Waals surface area contributed by atoms with Crippen molar-refractivity contribution in [2.24, 2.45) is 0 Å². The number of hydrogen-bond donors (Lipinski definition) is 0. The summed E-state index contributed by atoms with van der Waals surface area (Å²) < 4.78 is 4.65. The molecular weight excluding hydrogens is 190 g/mol. The Labute approximate surface area is 92.1 Å². The third kappa shape index (κ3) is 4.47. The third-order valence-corrected chi connectivity index (χ3v) is 2.86. The van der Waals surface area contributed by atoms with Gasteiger partial charge in [-0.1, -0.05) is 18.9 Å². The zero-order chi connectivity index (χ0) is 11.1. The van der Waals surface area contributed by atoms with Crippen LogP contribution in [0.3, 0.4) is 0 Å². The van der Waals surface area contributed by atoms with Gasteiger partial charge in [0.25, 0.3) is 0 Å². The second kappa shape index (κ2) is 6.62. The van der Waals surface area contributed by atoms with Gasteiger partial charge in [-0.3, -0.25) is 4.90 Å². The molecular formula is C12H21NO2. The van der Waals surface area contributed by atoms with E-state index in [1.165, 1.54) is 32.8 Å². The molecule has 15 heavy (non-hydrogen) atoms. The number of likely N-dealkylation sites (tertiary alicyclic amines) is 1. The zero-order valence-corrected chi connectivity index (χ0v) is 9.79. The van der Waals surface area contributed by atoms with Crippen LogP contribution < -0.4 is 0 Å². The Morgan fingerprint density at radius 3 is 2.40 bits per heavy atom. The van der Waals surface area contributed by atoms with E-state index in [0.29, 0.717) is 5.57 Å². The van der Waals surface area contributed by atoms with Crippen molar-refractivity contribution in [1.29, 1.82) is 0 Å². The number of esters is 1. The summed E-state index contributed by atoms with van der Waals surface area (Å²) in [5.74, 6) is -0.218. The van der Waals surface area contributed by atoms with Crippen LogP contribution in [0.4, 0.5) is 0 Å². The van der Waals surface area contributed by atoms with E-state index in [-0.39, 0.29) is 5.97 Å². The Kier molecular flexibility index (Phi) is 5.40. The molecule has 0 radical (unpaired) electrons. The van der Waals surface area contributed by atoms with E-state index < -0.39 is 0 Å². The van der Waals surface area contributed by atoms with Crippen molar-refractivity contribution in [2.75, 3.05) is 26.7 Å². The molecule has 0 amide bonds. The van der Waals surface area contributed by atoms with E-state index in [2.05, 4.69) is 9.64 Å². The predicted octanol–water partition coefficient (Wildman–Crippen LogP) is 1.98. The number of nitrogens with zero attached hydrogens (tertiary/aromatic N) is 1. The maximum atomic E-state index is 11.1. The molecule has 1 saturated heterocycles. The van der Waals surface area contributed by atoms with Crippen LogP contribution in [0, 0.1) is 0 Å². The van der Waals surface area contributed by atoms with Crippen molar-refractivity contribution in [3.63, 3.8) is 0 Å². The highest BCUT2D eigenvalue weighted by Crippen LogP contribution is 2.09. The molecule has 86 valence electrons. The van der Waals surface area contributed by atoms with Crippen LogP contribution in [0.1, 0.15) is 32.6 Å². The summed E-state index contributed by atoms with van der Waals surface area (Å²) in [6.45, 7) is 5.00. The molecule has 0 spiro atoms. The SMILES string of the molecule is COC(=O)C(C)=CCN1CCCCCC1. The number of rotatable bonds is 3. The monoisotopic (exact) mass is 211 g/mol. The van der Waals surface area contributed by atoms with Crippen LogP contribution in [0.2, 0.25) is 0 Å². The maximum absolute atomic E-state index is 11.1. The first kappa shape index (κ1) is 12.2. The Hall–Kier alpha value is -0.830. The lowest BCUT2D eigenvalue weighted by molar-refractivity contribution is -0.136. The van der Waals surface area contributed by atoms with Gasteiger partial charge in [0.1, 0.15) is 0 Å². The van der Waals surface area contributed by atoms with Gasteiger partial charge in [0.2, 0.25) is 0 Å². The molecule has 0 N–H and O–H groups in total. The Morgan fingerprint density at radius 1 is 1.27 bits per heavy atom. The predicted molar refractivity (Wildman–Crippen MR) is 60.7 cm³/mol. The van der Waals surface area contributed by atoms with Crippen molar-refractivity contribution in [2.45, 2.75) is 32.6 Å². The topological polar surface area (TPSA) is 29.5 Å². The highest BCUT2D eigenvalue weighted by atomic mass is 16.5. The molecule has 1 fully saturated rings. The standard InChI is InChI=1S/C12H21NO2/c1-11(12(14)15-2)7-10-13-8-5-3-4-6-9-13/h7H,3-6,8-10H2,1-2H3. The van der Waals surface area contributed by atoms with Gasteiger partial charge in [0.15, 0.2) is 0 Å². The minimum absolute atomic E-state index is 0.218. The molecule has 1 rings (SSSR count). The van der Waals surface area contributed by atoms with Crippen LogP contribution in [0.5, 0.6) is 0 Å². The Bertz CT molecular complexity index is 228. The Morgan fingerprint density at radius 2 is 1.87 bits per heavy atom. The number of ether oxygens (including phenoxy) is 1. The lowest BCUT2D eigenvalue weighted by Gasteiger charge is -2.17. The first-order valence-corrected chi connectivity index (χ1v) is 5.71. The average molecular weight is 211 g/mol. The minimum atomic E-state index is -0.218. The van der Waals surface area contributed by atoms with Crippen LogP contribution in [0.25, 0.3) is 0 Å². The van der Waals surface area contributed by atoms with E-state index in [1.807, 2.05) is 13.0 Å². The summed E-state index contributed by atoms with van der Waals surface area (Å²) in [5, 5.41) is 0. The summed E-state index contributed by atoms with van der Waals surface area (Å²) in [7, 11) is 1.42. The molecule has 0 saturated carbocycles. The van der Waals surface area contributed by atoms with E-state index in [9.17, 15) is 4.79 Å². The molecule has 0 aromatic heterocycles. The molecule has 0 aromatic rings. The lowest BCUT2D eigenvalue weighted by atomic mass is 10.2. The molecule has 0 aliphatic carbocycles. The fourth-order valence-electron chi connectivity index (χ4n) is 1.83. The molecule has 1 heterocycles. The highest BCUT2D eigenvalue weighted by Gasteiger charge is 2.08. The largest absolute Gasteiger partial charge is 0.466 e. The smallest absolute Gasteiger partial charge is 0.333 e. The van der Waals surface area contributed by atoms with Gasteiger partial charge in [-0.2, -0.15) is 0 Å². The first-order valence-electron chi connectivity index (χ1n) is 5.71. The second-order valence-corrected chi connectivity index (χ2v) is 4.09. The lowest BCUT2D eigenvalue weighted by Crippen LogP contribution is -2.25. The summed E-state index contributed by atoms with van der Waals surface area (Å²) >= 11 is 0. The minimum Gasteiger partial charge on any atom is -0.466 e. The van der Waals surface area contributed by atoms with Crippen LogP contribution in [0.15, 0.2) is 11.6 Å². The zero-order valence-electron chi connectivity index (χ0n) is 9.79. The second-order valence-electron chi connectivity index (χ2n) is 4.09. The number of hydrogen-bond acceptors (Lipinski definition) is 3. The molecule has 1 aliphatic rings. The quantitative estimate of drug-likeness (QED) is 0.528. The van der Waals surface area contributed by atoms with Gasteiger partial charge in [-0.05, 0) is 32.9 Å². The molecule has 0 atom stereocenters. The number of carbonyl (C=O) groups is 1. The fraction of sp³-hybridized carbons (Fsp3) is 0.750. The van der Waals surface area contributed by atoms with Crippen LogP contribution in [-0.2, 0) is 9.53 Å². The van der Waals surface area contributed by atoms with Crippen molar-refractivity contribution >= 4 is 5.97 Å². The van der Waals surface area contributed by atoms with Gasteiger partial charge >= 0.3 is 5.97 Å². The molecule has 3 nitrogen and oxygen atoms in total. The van der Waals surface area contributed by atoms with Gasteiger partial charge in [-0.15, -0.1) is 0 Å². The maximum Gasteiger partial charge on any atom is 0.333 e. The molecule has 0 unspecified atom stereocenters. The number of methoxy groups -OCH3 is 1. The van der Waals surface area contributed by atoms with Crippen molar-refractivity contribution in [1.82, 2.24) is 4.90 Å². The third-order valence-electron chi connectivity index (χ3n) is 2.86. The van der Waals surface area contributed by atoms with Crippen molar-refractivity contribution < 1.29 is 9.53 Å². The molecule has 0 aromatic carbocycles. The Balaban J connectivity index is 2.36. The summed E-state index contributed by atoms with van der Waals surface area (Å²) in [6.07, 6.45) is 7.22. The number of carbonyl (C=O) groups excluding carboxylic acids is 1. The molecule has 0 bridgehead atoms. The van der Waals surface area contributed by atoms with Gasteiger partial charge in [-0.25, -0.2) is 4.79 Å². The average Bonchev–Trinajstić information content (AvgIpc) is 2.53. The first-order chi connectivity index (χ1) is 7.24. The van der Waals surface area contributed by atoms with E-state index in [4.69, 9.17) is 0 Å². The molecule has 3 heteroatoms. The molecule has 1 aliphatic heterocycles. The van der Waals surface area contributed by atoms with Crippen molar-refractivity contribution in [3.05, 3.63) is 11.6 Å². The summed E-state index contributed by atoms with van der Waals surface area (Å²) in [6, 6.07) is 0. The van der Waals surface area contributed by atoms with Crippen molar-refractivity contribution in [3.8, 4) is 0 Å². The fourth-order valence-corrected chi connectivity index (χ4v) is 1.83. The highest BCUT2D eigenvalue weighted by molar-refractivity contribution is 5.87.